The minimum absolute atomic E-state index is 0. The third kappa shape index (κ3) is 9.41. The van der Waals surface area contributed by atoms with E-state index in [0.717, 1.165) is 37.6 Å². The van der Waals surface area contributed by atoms with Crippen molar-refractivity contribution in [3.63, 3.8) is 0 Å². The number of carbonyl (C=O) groups excluding carboxylic acids is 1. The van der Waals surface area contributed by atoms with Crippen LogP contribution in [0, 0.1) is 0 Å². The number of aliphatic imine (C=N–C) groups is 1. The lowest BCUT2D eigenvalue weighted by atomic mass is 10.1. The van der Waals surface area contributed by atoms with E-state index in [4.69, 9.17) is 5.73 Å². The Morgan fingerprint density at radius 2 is 1.78 bits per heavy atom. The van der Waals surface area contributed by atoms with E-state index in [1.54, 1.807) is 12.1 Å². The fourth-order valence-corrected chi connectivity index (χ4v) is 3.16. The number of primary amides is 1. The predicted octanol–water partition coefficient (Wildman–Crippen LogP) is 2.72. The van der Waals surface area contributed by atoms with Crippen molar-refractivity contribution in [2.24, 2.45) is 10.7 Å². The average molecular weight is 487 g/mol. The van der Waals surface area contributed by atoms with Crippen molar-refractivity contribution in [2.75, 3.05) is 32.7 Å². The number of halogens is 1. The van der Waals surface area contributed by atoms with Gasteiger partial charge in [-0.3, -0.25) is 4.79 Å². The Kier molecular flexibility index (Phi) is 12.1. The summed E-state index contributed by atoms with van der Waals surface area (Å²) in [7, 11) is 0. The quantitative estimate of drug-likeness (QED) is 0.228. The van der Waals surface area contributed by atoms with Crippen molar-refractivity contribution in [1.82, 2.24) is 15.5 Å². The van der Waals surface area contributed by atoms with Crippen LogP contribution in [-0.4, -0.2) is 49.5 Å². The van der Waals surface area contributed by atoms with Crippen LogP contribution in [0.5, 0.6) is 0 Å². The minimum atomic E-state index is -0.403. The van der Waals surface area contributed by atoms with Crippen LogP contribution in [-0.2, 0) is 6.54 Å². The van der Waals surface area contributed by atoms with Gasteiger partial charge < -0.3 is 21.3 Å². The van der Waals surface area contributed by atoms with Crippen molar-refractivity contribution >= 4 is 35.8 Å². The number of nitrogens with one attached hydrogen (secondary N) is 2. The normalized spacial score (nSPS) is 15.5. The molecule has 1 aromatic carbocycles. The number of nitrogens with zero attached hydrogens (tertiary/aromatic N) is 2. The standard InChI is InChI=1S/C20H33N5O.HI/c1-2-22-20(23-12-7-15-25-13-5-3-4-6-14-25)24-16-17-8-10-18(11-9-17)19(21)26;/h8-11H,2-7,12-16H2,1H3,(H2,21,26)(H2,22,23,24);1H. The van der Waals surface area contributed by atoms with Crippen molar-refractivity contribution in [3.05, 3.63) is 35.4 Å². The van der Waals surface area contributed by atoms with Crippen LogP contribution in [0.3, 0.4) is 0 Å². The van der Waals surface area contributed by atoms with Crippen molar-refractivity contribution in [3.8, 4) is 0 Å². The van der Waals surface area contributed by atoms with Crippen LogP contribution in [0.15, 0.2) is 29.3 Å². The van der Waals surface area contributed by atoms with Gasteiger partial charge in [-0.05, 0) is 63.5 Å². The zero-order valence-electron chi connectivity index (χ0n) is 16.4. The molecule has 1 fully saturated rings. The highest BCUT2D eigenvalue weighted by molar-refractivity contribution is 14.0. The van der Waals surface area contributed by atoms with E-state index in [0.29, 0.717) is 12.1 Å². The lowest BCUT2D eigenvalue weighted by Crippen LogP contribution is -2.39. The minimum Gasteiger partial charge on any atom is -0.366 e. The first-order chi connectivity index (χ1) is 12.7. The van der Waals surface area contributed by atoms with Crippen LogP contribution in [0.4, 0.5) is 0 Å². The second-order valence-electron chi connectivity index (χ2n) is 6.79. The molecule has 152 valence electrons. The lowest BCUT2D eigenvalue weighted by Gasteiger charge is -2.20. The molecule has 1 aromatic rings. The highest BCUT2D eigenvalue weighted by Gasteiger charge is 2.08. The van der Waals surface area contributed by atoms with Gasteiger partial charge in [0.25, 0.3) is 0 Å². The Morgan fingerprint density at radius 1 is 1.11 bits per heavy atom. The Morgan fingerprint density at radius 3 is 2.37 bits per heavy atom. The summed E-state index contributed by atoms with van der Waals surface area (Å²) in [6.45, 7) is 8.03. The van der Waals surface area contributed by atoms with Gasteiger partial charge in [0.05, 0.1) is 6.54 Å². The zero-order chi connectivity index (χ0) is 18.6. The Balaban J connectivity index is 0.00000364. The molecule has 0 aliphatic carbocycles. The summed E-state index contributed by atoms with van der Waals surface area (Å²) in [6.07, 6.45) is 6.56. The fraction of sp³-hybridized carbons (Fsp3) is 0.600. The summed E-state index contributed by atoms with van der Waals surface area (Å²) < 4.78 is 0. The summed E-state index contributed by atoms with van der Waals surface area (Å²) >= 11 is 0. The molecule has 0 aromatic heterocycles. The molecular weight excluding hydrogens is 453 g/mol. The van der Waals surface area contributed by atoms with Gasteiger partial charge in [0.1, 0.15) is 0 Å². The number of benzene rings is 1. The molecule has 2 rings (SSSR count). The van der Waals surface area contributed by atoms with Crippen molar-refractivity contribution < 1.29 is 4.79 Å². The van der Waals surface area contributed by atoms with Gasteiger partial charge in [-0.15, -0.1) is 24.0 Å². The number of hydrogen-bond donors (Lipinski definition) is 3. The summed E-state index contributed by atoms with van der Waals surface area (Å²) in [5.41, 5.74) is 6.84. The van der Waals surface area contributed by atoms with Gasteiger partial charge in [0.2, 0.25) is 5.91 Å². The topological polar surface area (TPSA) is 82.7 Å². The van der Waals surface area contributed by atoms with Crippen LogP contribution < -0.4 is 16.4 Å². The molecule has 0 radical (unpaired) electrons. The average Bonchev–Trinajstić information content (AvgIpc) is 2.92. The Hall–Kier alpha value is -1.35. The summed E-state index contributed by atoms with van der Waals surface area (Å²) in [4.78, 5) is 18.3. The molecule has 1 heterocycles. The summed E-state index contributed by atoms with van der Waals surface area (Å²) in [6, 6.07) is 7.28. The number of rotatable bonds is 8. The highest BCUT2D eigenvalue weighted by atomic mass is 127. The first-order valence-corrected chi connectivity index (χ1v) is 9.82. The highest BCUT2D eigenvalue weighted by Crippen LogP contribution is 2.09. The third-order valence-corrected chi connectivity index (χ3v) is 4.64. The predicted molar refractivity (Wildman–Crippen MR) is 123 cm³/mol. The number of carbonyl (C=O) groups is 1. The SMILES string of the molecule is CCNC(=NCc1ccc(C(N)=O)cc1)NCCCN1CCCCCC1.I. The van der Waals surface area contributed by atoms with Crippen LogP contribution >= 0.6 is 24.0 Å². The first kappa shape index (κ1) is 23.7. The molecule has 6 nitrogen and oxygen atoms in total. The number of nitrogens with two attached hydrogens (primary N) is 1. The fourth-order valence-electron chi connectivity index (χ4n) is 3.16. The van der Waals surface area contributed by atoms with Crippen LogP contribution in [0.1, 0.15) is 54.9 Å². The van der Waals surface area contributed by atoms with E-state index >= 15 is 0 Å². The molecule has 0 spiro atoms. The number of guanidine groups is 1. The van der Waals surface area contributed by atoms with E-state index in [9.17, 15) is 4.79 Å². The lowest BCUT2D eigenvalue weighted by molar-refractivity contribution is 0.100. The Labute approximate surface area is 180 Å². The molecule has 1 aliphatic rings. The number of hydrogen-bond acceptors (Lipinski definition) is 3. The van der Waals surface area contributed by atoms with Crippen LogP contribution in [0.25, 0.3) is 0 Å². The largest absolute Gasteiger partial charge is 0.366 e. The molecule has 0 unspecified atom stereocenters. The zero-order valence-corrected chi connectivity index (χ0v) is 18.7. The van der Waals surface area contributed by atoms with Crippen molar-refractivity contribution in [2.45, 2.75) is 45.6 Å². The number of amides is 1. The summed E-state index contributed by atoms with van der Waals surface area (Å²) in [5, 5.41) is 6.70. The van der Waals surface area contributed by atoms with Crippen LogP contribution in [0.2, 0.25) is 0 Å². The molecule has 0 saturated carbocycles. The first-order valence-electron chi connectivity index (χ1n) is 9.82. The van der Waals surface area contributed by atoms with E-state index in [1.165, 1.54) is 38.8 Å². The maximum absolute atomic E-state index is 11.1. The smallest absolute Gasteiger partial charge is 0.248 e. The van der Waals surface area contributed by atoms with E-state index < -0.39 is 5.91 Å². The molecule has 1 aliphatic heterocycles. The molecule has 1 amide bonds. The number of likely N-dealkylation sites (tertiary alicyclic amines) is 1. The maximum Gasteiger partial charge on any atom is 0.248 e. The van der Waals surface area contributed by atoms with Gasteiger partial charge in [-0.25, -0.2) is 4.99 Å². The van der Waals surface area contributed by atoms with E-state index in [1.807, 2.05) is 12.1 Å². The molecule has 4 N–H and O–H groups in total. The third-order valence-electron chi connectivity index (χ3n) is 4.64. The van der Waals surface area contributed by atoms with Gasteiger partial charge >= 0.3 is 0 Å². The molecule has 0 atom stereocenters. The Bertz CT molecular complexity index is 568. The summed E-state index contributed by atoms with van der Waals surface area (Å²) in [5.74, 6) is 0.432. The molecule has 7 heteroatoms. The second-order valence-corrected chi connectivity index (χ2v) is 6.79. The van der Waals surface area contributed by atoms with Gasteiger partial charge in [-0.1, -0.05) is 25.0 Å². The van der Waals surface area contributed by atoms with E-state index in [-0.39, 0.29) is 24.0 Å². The van der Waals surface area contributed by atoms with Gasteiger partial charge in [0.15, 0.2) is 5.96 Å². The van der Waals surface area contributed by atoms with Gasteiger partial charge in [0, 0.05) is 18.7 Å². The molecule has 27 heavy (non-hydrogen) atoms. The molecule has 0 bridgehead atoms. The maximum atomic E-state index is 11.1. The molecular formula is C20H34IN5O. The molecule has 1 saturated heterocycles. The second kappa shape index (κ2) is 13.8. The van der Waals surface area contributed by atoms with Gasteiger partial charge in [-0.2, -0.15) is 0 Å². The van der Waals surface area contributed by atoms with E-state index in [2.05, 4.69) is 27.4 Å². The van der Waals surface area contributed by atoms with Crippen molar-refractivity contribution in [1.29, 1.82) is 0 Å². The monoisotopic (exact) mass is 487 g/mol.